The molecule has 16 heavy (non-hydrogen) atoms. The first kappa shape index (κ1) is 10.9. The Morgan fingerprint density at radius 1 is 1.12 bits per heavy atom. The van der Waals surface area contributed by atoms with E-state index in [2.05, 4.69) is 30.7 Å². The molecule has 0 bridgehead atoms. The van der Waals surface area contributed by atoms with Crippen molar-refractivity contribution in [3.63, 3.8) is 0 Å². The van der Waals surface area contributed by atoms with Gasteiger partial charge < -0.3 is 4.74 Å². The van der Waals surface area contributed by atoms with E-state index in [4.69, 9.17) is 4.74 Å². The zero-order valence-corrected chi connectivity index (χ0v) is 10.1. The third-order valence-corrected chi connectivity index (χ3v) is 2.65. The minimum absolute atomic E-state index is 0.0683. The first-order chi connectivity index (χ1) is 7.54. The Balaban J connectivity index is 2.80. The molecule has 0 N–H and O–H groups in total. The lowest BCUT2D eigenvalue weighted by Crippen LogP contribution is -2.12. The molecular weight excluding hydrogens is 200 g/mol. The van der Waals surface area contributed by atoms with Crippen molar-refractivity contribution in [1.82, 2.24) is 9.97 Å². The average molecular weight is 216 g/mol. The van der Waals surface area contributed by atoms with Crippen molar-refractivity contribution in [2.45, 2.75) is 26.2 Å². The van der Waals surface area contributed by atoms with Crippen molar-refractivity contribution in [3.8, 4) is 5.88 Å². The SMILES string of the molecule is COc1ncc(C(C)(C)C)c2ccncc12. The lowest BCUT2D eigenvalue weighted by molar-refractivity contribution is 0.402. The van der Waals surface area contributed by atoms with Gasteiger partial charge in [0.25, 0.3) is 0 Å². The molecule has 0 aliphatic heterocycles. The van der Waals surface area contributed by atoms with Crippen LogP contribution in [0.3, 0.4) is 0 Å². The van der Waals surface area contributed by atoms with Gasteiger partial charge in [-0.05, 0) is 22.4 Å². The van der Waals surface area contributed by atoms with Crippen molar-refractivity contribution in [3.05, 3.63) is 30.2 Å². The third-order valence-electron chi connectivity index (χ3n) is 2.65. The quantitative estimate of drug-likeness (QED) is 0.735. The molecular formula is C13H16N2O. The van der Waals surface area contributed by atoms with E-state index in [1.165, 1.54) is 5.56 Å². The molecule has 0 saturated carbocycles. The number of pyridine rings is 2. The highest BCUT2D eigenvalue weighted by atomic mass is 16.5. The van der Waals surface area contributed by atoms with E-state index in [1.54, 1.807) is 19.5 Å². The number of nitrogens with zero attached hydrogens (tertiary/aromatic N) is 2. The van der Waals surface area contributed by atoms with Gasteiger partial charge >= 0.3 is 0 Å². The van der Waals surface area contributed by atoms with Crippen LogP contribution in [0.4, 0.5) is 0 Å². The van der Waals surface area contributed by atoms with Crippen LogP contribution in [-0.4, -0.2) is 17.1 Å². The Morgan fingerprint density at radius 3 is 2.50 bits per heavy atom. The number of rotatable bonds is 1. The summed E-state index contributed by atoms with van der Waals surface area (Å²) in [6, 6.07) is 2.01. The molecule has 2 aromatic heterocycles. The average Bonchev–Trinajstić information content (AvgIpc) is 2.26. The summed E-state index contributed by atoms with van der Waals surface area (Å²) < 4.78 is 5.24. The van der Waals surface area contributed by atoms with Gasteiger partial charge in [-0.25, -0.2) is 4.98 Å². The molecule has 0 aromatic carbocycles. The standard InChI is InChI=1S/C13H16N2O/c1-13(2,3)11-8-15-12(16-4)10-7-14-6-5-9(10)11/h5-8H,1-4H3. The summed E-state index contributed by atoms with van der Waals surface area (Å²) in [5, 5.41) is 2.13. The van der Waals surface area contributed by atoms with Gasteiger partial charge in [-0.1, -0.05) is 20.8 Å². The van der Waals surface area contributed by atoms with Crippen molar-refractivity contribution >= 4 is 10.8 Å². The van der Waals surface area contributed by atoms with Gasteiger partial charge in [0.2, 0.25) is 5.88 Å². The van der Waals surface area contributed by atoms with Crippen LogP contribution >= 0.6 is 0 Å². The zero-order chi connectivity index (χ0) is 11.8. The normalized spacial score (nSPS) is 11.8. The van der Waals surface area contributed by atoms with Crippen molar-refractivity contribution < 1.29 is 4.74 Å². The molecule has 0 aliphatic rings. The van der Waals surface area contributed by atoms with E-state index in [1.807, 2.05) is 12.3 Å². The number of methoxy groups -OCH3 is 1. The predicted octanol–water partition coefficient (Wildman–Crippen LogP) is 2.94. The first-order valence-electron chi connectivity index (χ1n) is 5.31. The molecule has 2 heterocycles. The lowest BCUT2D eigenvalue weighted by Gasteiger charge is -2.21. The molecule has 2 rings (SSSR count). The van der Waals surface area contributed by atoms with E-state index in [-0.39, 0.29) is 5.41 Å². The van der Waals surface area contributed by atoms with E-state index in [9.17, 15) is 0 Å². The third kappa shape index (κ3) is 1.73. The van der Waals surface area contributed by atoms with E-state index >= 15 is 0 Å². The predicted molar refractivity (Wildman–Crippen MR) is 64.8 cm³/mol. The summed E-state index contributed by atoms with van der Waals surface area (Å²) >= 11 is 0. The maximum atomic E-state index is 5.24. The maximum absolute atomic E-state index is 5.24. The van der Waals surface area contributed by atoms with E-state index in [0.29, 0.717) is 5.88 Å². The van der Waals surface area contributed by atoms with Crippen LogP contribution in [0.5, 0.6) is 5.88 Å². The molecule has 0 atom stereocenters. The molecule has 3 nitrogen and oxygen atoms in total. The second-order valence-electron chi connectivity index (χ2n) is 4.85. The highest BCUT2D eigenvalue weighted by Gasteiger charge is 2.18. The number of hydrogen-bond donors (Lipinski definition) is 0. The van der Waals surface area contributed by atoms with Gasteiger partial charge in [-0.2, -0.15) is 0 Å². The minimum atomic E-state index is 0.0683. The fraction of sp³-hybridized carbons (Fsp3) is 0.385. The number of aromatic nitrogens is 2. The monoisotopic (exact) mass is 216 g/mol. The Hall–Kier alpha value is -1.64. The zero-order valence-electron chi connectivity index (χ0n) is 10.1. The van der Waals surface area contributed by atoms with Gasteiger partial charge in [-0.3, -0.25) is 4.98 Å². The fourth-order valence-electron chi connectivity index (χ4n) is 1.82. The molecule has 0 amide bonds. The van der Waals surface area contributed by atoms with Gasteiger partial charge in [0.05, 0.1) is 12.5 Å². The van der Waals surface area contributed by atoms with Crippen molar-refractivity contribution in [1.29, 1.82) is 0 Å². The van der Waals surface area contributed by atoms with Gasteiger partial charge in [0.1, 0.15) is 0 Å². The molecule has 0 radical (unpaired) electrons. The highest BCUT2D eigenvalue weighted by Crippen LogP contribution is 2.32. The molecule has 2 aromatic rings. The van der Waals surface area contributed by atoms with Crippen LogP contribution in [0.1, 0.15) is 26.3 Å². The van der Waals surface area contributed by atoms with Gasteiger partial charge in [0, 0.05) is 18.6 Å². The Morgan fingerprint density at radius 2 is 1.88 bits per heavy atom. The summed E-state index contributed by atoms with van der Waals surface area (Å²) in [4.78, 5) is 8.45. The van der Waals surface area contributed by atoms with Crippen LogP contribution in [0.25, 0.3) is 10.8 Å². The van der Waals surface area contributed by atoms with Crippen molar-refractivity contribution in [2.24, 2.45) is 0 Å². The Bertz CT molecular complexity index is 515. The van der Waals surface area contributed by atoms with Crippen LogP contribution in [-0.2, 0) is 5.41 Å². The van der Waals surface area contributed by atoms with E-state index in [0.717, 1.165) is 10.8 Å². The summed E-state index contributed by atoms with van der Waals surface area (Å²) in [6.07, 6.45) is 5.49. The second kappa shape index (κ2) is 3.74. The highest BCUT2D eigenvalue weighted by molar-refractivity contribution is 5.89. The Kier molecular flexibility index (Phi) is 2.54. The largest absolute Gasteiger partial charge is 0.481 e. The molecule has 84 valence electrons. The number of ether oxygens (including phenoxy) is 1. The molecule has 0 aliphatic carbocycles. The molecule has 0 fully saturated rings. The molecule has 0 saturated heterocycles. The molecule has 3 heteroatoms. The van der Waals surface area contributed by atoms with Crippen molar-refractivity contribution in [2.75, 3.05) is 7.11 Å². The van der Waals surface area contributed by atoms with Gasteiger partial charge in [0.15, 0.2) is 0 Å². The smallest absolute Gasteiger partial charge is 0.222 e. The maximum Gasteiger partial charge on any atom is 0.222 e. The number of hydrogen-bond acceptors (Lipinski definition) is 3. The Labute approximate surface area is 95.5 Å². The summed E-state index contributed by atoms with van der Waals surface area (Å²) in [5.41, 5.74) is 1.28. The van der Waals surface area contributed by atoms with Crippen LogP contribution in [0.15, 0.2) is 24.7 Å². The van der Waals surface area contributed by atoms with Gasteiger partial charge in [-0.15, -0.1) is 0 Å². The van der Waals surface area contributed by atoms with Crippen LogP contribution < -0.4 is 4.74 Å². The fourth-order valence-corrected chi connectivity index (χ4v) is 1.82. The summed E-state index contributed by atoms with van der Waals surface area (Å²) in [5.74, 6) is 0.635. The summed E-state index contributed by atoms with van der Waals surface area (Å²) in [6.45, 7) is 6.53. The molecule has 0 spiro atoms. The number of fused-ring (bicyclic) bond motifs is 1. The van der Waals surface area contributed by atoms with Crippen LogP contribution in [0.2, 0.25) is 0 Å². The summed E-state index contributed by atoms with van der Waals surface area (Å²) in [7, 11) is 1.63. The second-order valence-corrected chi connectivity index (χ2v) is 4.85. The topological polar surface area (TPSA) is 35.0 Å². The minimum Gasteiger partial charge on any atom is -0.481 e. The molecule has 0 unspecified atom stereocenters. The van der Waals surface area contributed by atoms with Crippen LogP contribution in [0, 0.1) is 0 Å². The first-order valence-corrected chi connectivity index (χ1v) is 5.31. The lowest BCUT2D eigenvalue weighted by atomic mass is 9.85. The van der Waals surface area contributed by atoms with E-state index < -0.39 is 0 Å².